The molecule has 298 valence electrons. The summed E-state index contributed by atoms with van der Waals surface area (Å²) in [7, 11) is 0.230. The molecular weight excluding hydrogens is 770 g/mol. The number of hydrogen-bond donors (Lipinski definition) is 1. The molecule has 5 aromatic rings. The van der Waals surface area contributed by atoms with Crippen LogP contribution in [0.15, 0.2) is 48.7 Å². The Morgan fingerprint density at radius 2 is 1.75 bits per heavy atom. The molecule has 0 radical (unpaired) electrons. The van der Waals surface area contributed by atoms with E-state index in [-0.39, 0.29) is 47.5 Å². The van der Waals surface area contributed by atoms with E-state index in [0.717, 1.165) is 31.1 Å². The third kappa shape index (κ3) is 7.72. The zero-order chi connectivity index (χ0) is 40.3. The molecule has 0 unspecified atom stereocenters. The lowest BCUT2D eigenvalue weighted by atomic mass is 9.94. The first-order chi connectivity index (χ1) is 26.4. The molecule has 0 spiro atoms. The fraction of sp³-hybridized carbons (Fsp3) is 0.395. The normalized spacial score (nSPS) is 17.9. The monoisotopic (exact) mass is 806 g/mol. The molecule has 1 saturated carbocycles. The van der Waals surface area contributed by atoms with Crippen LogP contribution in [0.5, 0.6) is 0 Å². The lowest BCUT2D eigenvalue weighted by Crippen LogP contribution is -2.35. The highest BCUT2D eigenvalue weighted by atomic mass is 32.3. The van der Waals surface area contributed by atoms with Gasteiger partial charge in [0.2, 0.25) is 5.91 Å². The van der Waals surface area contributed by atoms with Gasteiger partial charge in [0, 0.05) is 28.9 Å². The van der Waals surface area contributed by atoms with Gasteiger partial charge in [0.15, 0.2) is 0 Å². The molecule has 0 bridgehead atoms. The zero-order valence-corrected chi connectivity index (χ0v) is 31.4. The number of alkyl halides is 4. The predicted octanol–water partition coefficient (Wildman–Crippen LogP) is 7.41. The van der Waals surface area contributed by atoms with E-state index < -0.39 is 93.1 Å². The van der Waals surface area contributed by atoms with Gasteiger partial charge in [-0.25, -0.2) is 46.4 Å². The first-order valence-corrected chi connectivity index (χ1v) is 20.5. The highest BCUT2D eigenvalue weighted by Crippen LogP contribution is 2.68. The number of nitrogens with zero attached hydrogens (tertiary/aromatic N) is 5. The average molecular weight is 807 g/mol. The quantitative estimate of drug-likeness (QED) is 0.0707. The van der Waals surface area contributed by atoms with E-state index in [4.69, 9.17) is 14.5 Å². The van der Waals surface area contributed by atoms with Crippen molar-refractivity contribution in [3.63, 3.8) is 0 Å². The van der Waals surface area contributed by atoms with E-state index in [0.29, 0.717) is 28.4 Å². The predicted molar refractivity (Wildman–Crippen MR) is 193 cm³/mol. The largest absolute Gasteiger partial charge is 0.465 e. The molecule has 3 heterocycles. The summed E-state index contributed by atoms with van der Waals surface area (Å²) < 4.78 is 115. The molecule has 18 heteroatoms. The van der Waals surface area contributed by atoms with Crippen molar-refractivity contribution in [1.82, 2.24) is 29.9 Å². The van der Waals surface area contributed by atoms with Gasteiger partial charge >= 0.3 is 5.97 Å². The van der Waals surface area contributed by atoms with Crippen molar-refractivity contribution in [2.75, 3.05) is 38.2 Å². The molecular formula is C38H37F7N6O4S. The Labute approximate surface area is 317 Å². The first-order valence-electron chi connectivity index (χ1n) is 17.4. The molecule has 1 N–H and O–H groups in total. The Morgan fingerprint density at radius 3 is 2.43 bits per heavy atom. The number of amides is 1. The molecule has 2 aliphatic rings. The van der Waals surface area contributed by atoms with Crippen molar-refractivity contribution >= 4 is 32.9 Å². The van der Waals surface area contributed by atoms with E-state index in [2.05, 4.69) is 34.3 Å². The number of rotatable bonds is 14. The van der Waals surface area contributed by atoms with Crippen molar-refractivity contribution in [3.05, 3.63) is 99.9 Å². The van der Waals surface area contributed by atoms with Crippen LogP contribution in [0.3, 0.4) is 0 Å². The number of esters is 1. The molecule has 1 amide bonds. The van der Waals surface area contributed by atoms with Crippen LogP contribution in [-0.4, -0.2) is 74.7 Å². The number of pyridine rings is 1. The molecule has 0 saturated heterocycles. The zero-order valence-electron chi connectivity index (χ0n) is 30.6. The van der Waals surface area contributed by atoms with Crippen LogP contribution in [0, 0.1) is 23.4 Å². The van der Waals surface area contributed by atoms with Crippen LogP contribution in [0.1, 0.15) is 63.4 Å². The topological polar surface area (TPSA) is 113 Å². The second-order valence-electron chi connectivity index (χ2n) is 14.8. The first kappa shape index (κ1) is 39.3. The Hall–Kier alpha value is -4.97. The molecule has 7 rings (SSSR count). The van der Waals surface area contributed by atoms with E-state index in [1.807, 2.05) is 0 Å². The second-order valence-corrected chi connectivity index (χ2v) is 19.4. The van der Waals surface area contributed by atoms with E-state index in [1.54, 1.807) is 6.07 Å². The molecule has 3 aromatic heterocycles. The molecule has 1 fully saturated rings. The molecule has 2 aliphatic carbocycles. The molecule has 10 nitrogen and oxygen atoms in total. The molecule has 0 aliphatic heterocycles. The summed E-state index contributed by atoms with van der Waals surface area (Å²) in [5, 5.41) is 10.8. The third-order valence-electron chi connectivity index (χ3n) is 9.88. The van der Waals surface area contributed by atoms with Gasteiger partial charge in [0.05, 0.1) is 42.7 Å². The van der Waals surface area contributed by atoms with Gasteiger partial charge in [0.25, 0.3) is 12.3 Å². The average Bonchev–Trinajstić information content (AvgIpc) is 3.61. The summed E-state index contributed by atoms with van der Waals surface area (Å²) in [5.41, 5.74) is -0.941. The van der Waals surface area contributed by atoms with Crippen molar-refractivity contribution in [2.45, 2.75) is 50.4 Å². The number of carbonyl (C=O) groups is 2. The second kappa shape index (κ2) is 14.8. The van der Waals surface area contributed by atoms with Gasteiger partial charge in [-0.15, -0.1) is 0 Å². The Balaban J connectivity index is 1.32. The van der Waals surface area contributed by atoms with Crippen LogP contribution >= 0.6 is 10.0 Å². The molecule has 56 heavy (non-hydrogen) atoms. The lowest BCUT2D eigenvalue weighted by Gasteiger charge is -2.24. The van der Waals surface area contributed by atoms with Crippen LogP contribution < -0.4 is 5.32 Å². The van der Waals surface area contributed by atoms with Crippen LogP contribution in [0.2, 0.25) is 0 Å². The summed E-state index contributed by atoms with van der Waals surface area (Å²) in [4.78, 5) is 31.2. The minimum absolute atomic E-state index is 0.0280. The van der Waals surface area contributed by atoms with Crippen LogP contribution in [-0.2, 0) is 39.9 Å². The summed E-state index contributed by atoms with van der Waals surface area (Å²) in [6.45, 7) is -0.423. The van der Waals surface area contributed by atoms with Gasteiger partial charge in [-0.05, 0) is 79.0 Å². The van der Waals surface area contributed by atoms with Gasteiger partial charge in [-0.3, -0.25) is 9.48 Å². The number of aromatic nitrogens is 5. The van der Waals surface area contributed by atoms with E-state index in [9.17, 15) is 31.5 Å². The van der Waals surface area contributed by atoms with Gasteiger partial charge < -0.3 is 14.8 Å². The summed E-state index contributed by atoms with van der Waals surface area (Å²) in [6, 6.07) is 6.65. The number of ether oxygens (including phenoxy) is 2. The van der Waals surface area contributed by atoms with Crippen LogP contribution in [0.25, 0.3) is 22.2 Å². The van der Waals surface area contributed by atoms with Crippen molar-refractivity contribution < 1.29 is 49.8 Å². The number of methoxy groups -OCH3 is 1. The number of fused-ring (bicyclic) bond motifs is 4. The minimum Gasteiger partial charge on any atom is -0.465 e. The maximum absolute atomic E-state index is 15.3. The number of hydrogen-bond acceptors (Lipinski definition) is 7. The highest BCUT2D eigenvalue weighted by molar-refractivity contribution is 8.32. The fourth-order valence-corrected chi connectivity index (χ4v) is 7.79. The van der Waals surface area contributed by atoms with E-state index >= 15 is 8.78 Å². The number of benzene rings is 2. The van der Waals surface area contributed by atoms with Gasteiger partial charge in [-0.2, -0.15) is 19.0 Å². The van der Waals surface area contributed by atoms with Crippen molar-refractivity contribution in [2.24, 2.45) is 5.92 Å². The fourth-order valence-electron chi connectivity index (χ4n) is 7.17. The smallest absolute Gasteiger partial charge is 0.340 e. The SMILES string of the molecule is COC(=O)c1cc(-c2cc3c(cnn3COCCS(C)(C)C)nc2[C@H](Cc2cc(F)cc(F)c2)NC(=O)Cn2nc(C(F)F)c3c2C(F)(F)[C@@H]2C[C@H]32)ccc1F. The Bertz CT molecular complexity index is 2320. The Morgan fingerprint density at radius 1 is 1.02 bits per heavy atom. The maximum Gasteiger partial charge on any atom is 0.340 e. The molecule has 2 aromatic carbocycles. The van der Waals surface area contributed by atoms with Crippen molar-refractivity contribution in [1.29, 1.82) is 0 Å². The van der Waals surface area contributed by atoms with E-state index in [1.165, 1.54) is 23.0 Å². The van der Waals surface area contributed by atoms with Gasteiger partial charge in [-0.1, -0.05) is 6.07 Å². The maximum atomic E-state index is 15.3. The van der Waals surface area contributed by atoms with Crippen LogP contribution in [0.4, 0.5) is 30.7 Å². The standard InChI is InChI=1S/C38H37F7N6O4S/c1-54-37(53)25-12-20(5-6-27(25)41)23-15-30-29(16-46-51(30)18-55-7-8-56(2,3)4)48-33(23)28(11-19-9-21(39)13-22(40)10-19)47-31(52)17-50-35-32(34(49-50)36(42)43)24-14-26(24)38(35,44)45/h5-6,9-10,12-13,15-16,24,26,28,36H,7-8,11,14,17-18H2,1-4H3,(H,47,52)/t24-,26+,28-/m0/s1. The number of carbonyl (C=O) groups excluding carboxylic acids is 2. The third-order valence-corrected chi connectivity index (χ3v) is 11.3. The number of halogens is 7. The number of nitrogens with one attached hydrogen (secondary N) is 1. The summed E-state index contributed by atoms with van der Waals surface area (Å²) in [6.07, 6.45) is 4.43. The molecule has 3 atom stereocenters. The Kier molecular flexibility index (Phi) is 10.4. The summed E-state index contributed by atoms with van der Waals surface area (Å²) >= 11 is 0. The van der Waals surface area contributed by atoms with Gasteiger partial charge in [0.1, 0.15) is 47.6 Å². The highest BCUT2D eigenvalue weighted by Gasteiger charge is 2.67. The summed E-state index contributed by atoms with van der Waals surface area (Å²) in [5.74, 6) is -9.27. The van der Waals surface area contributed by atoms with Crippen molar-refractivity contribution in [3.8, 4) is 11.1 Å². The lowest BCUT2D eigenvalue weighted by molar-refractivity contribution is -0.123. The minimum atomic E-state index is -3.49.